The van der Waals surface area contributed by atoms with Crippen molar-refractivity contribution < 1.29 is 36.6 Å². The summed E-state index contributed by atoms with van der Waals surface area (Å²) in [4.78, 5) is 23.6. The van der Waals surface area contributed by atoms with Crippen LogP contribution in [0.3, 0.4) is 0 Å². The Morgan fingerprint density at radius 2 is 2.00 bits per heavy atom. The first-order valence-electron chi connectivity index (χ1n) is 8.08. The highest BCUT2D eigenvalue weighted by molar-refractivity contribution is 7.89. The molecule has 0 bridgehead atoms. The third-order valence-corrected chi connectivity index (χ3v) is 6.04. The number of hydrogen-bond acceptors (Lipinski definition) is 7. The van der Waals surface area contributed by atoms with Crippen LogP contribution in [0.5, 0.6) is 0 Å². The number of carbonyl (C=O) groups is 2. The Morgan fingerprint density at radius 3 is 2.62 bits per heavy atom. The lowest BCUT2D eigenvalue weighted by Gasteiger charge is -2.26. The van der Waals surface area contributed by atoms with E-state index in [2.05, 4.69) is 0 Å². The summed E-state index contributed by atoms with van der Waals surface area (Å²) in [6.07, 6.45) is -1.37. The smallest absolute Gasteiger partial charge is 0.347 e. The van der Waals surface area contributed by atoms with Crippen molar-refractivity contribution in [3.05, 3.63) is 29.6 Å². The number of rotatable bonds is 4. The third kappa shape index (κ3) is 3.71. The number of cyclic esters (lactones) is 1. The molecular formula is C16H18FNO7S. The molecule has 0 spiro atoms. The number of carbonyl (C=O) groups excluding carboxylic acids is 2. The van der Waals surface area contributed by atoms with E-state index in [1.165, 1.54) is 4.31 Å². The molecule has 0 amide bonds. The van der Waals surface area contributed by atoms with Gasteiger partial charge in [-0.3, -0.25) is 0 Å². The summed E-state index contributed by atoms with van der Waals surface area (Å²) in [5.74, 6) is -2.75. The highest BCUT2D eigenvalue weighted by atomic mass is 32.2. The van der Waals surface area contributed by atoms with Crippen LogP contribution in [0.15, 0.2) is 23.1 Å². The second-order valence-electron chi connectivity index (χ2n) is 6.04. The average Bonchev–Trinajstić information content (AvgIpc) is 2.93. The van der Waals surface area contributed by atoms with Gasteiger partial charge >= 0.3 is 11.9 Å². The summed E-state index contributed by atoms with van der Waals surface area (Å²) in [6, 6.07) is 2.90. The molecule has 3 rings (SSSR count). The van der Waals surface area contributed by atoms with Crippen molar-refractivity contribution in [1.29, 1.82) is 0 Å². The van der Waals surface area contributed by atoms with Gasteiger partial charge in [-0.15, -0.1) is 0 Å². The molecule has 2 atom stereocenters. The Morgan fingerprint density at radius 1 is 1.31 bits per heavy atom. The van der Waals surface area contributed by atoms with Gasteiger partial charge in [-0.05, 0) is 25.1 Å². The molecule has 2 saturated heterocycles. The summed E-state index contributed by atoms with van der Waals surface area (Å²) < 4.78 is 55.5. The zero-order valence-corrected chi connectivity index (χ0v) is 14.8. The van der Waals surface area contributed by atoms with Crippen LogP contribution in [0.1, 0.15) is 23.7 Å². The molecule has 1 aromatic carbocycles. The van der Waals surface area contributed by atoms with Gasteiger partial charge in [0.05, 0.1) is 23.7 Å². The van der Waals surface area contributed by atoms with Crippen molar-refractivity contribution in [1.82, 2.24) is 4.31 Å². The minimum atomic E-state index is -3.89. The van der Waals surface area contributed by atoms with Crippen molar-refractivity contribution in [2.24, 2.45) is 0 Å². The van der Waals surface area contributed by atoms with E-state index in [4.69, 9.17) is 14.2 Å². The SMILES string of the molecule is C[C@H]1C[C@H](OC(=O)c2cc(S(=O)(=O)N3CCOCC3)ccc2F)C(=O)O1. The lowest BCUT2D eigenvalue weighted by molar-refractivity contribution is -0.147. The van der Waals surface area contributed by atoms with Crippen molar-refractivity contribution in [3.8, 4) is 0 Å². The molecule has 10 heteroatoms. The maximum absolute atomic E-state index is 14.1. The fourth-order valence-electron chi connectivity index (χ4n) is 2.77. The monoisotopic (exact) mass is 387 g/mol. The summed E-state index contributed by atoms with van der Waals surface area (Å²) in [5, 5.41) is 0. The molecule has 0 saturated carbocycles. The van der Waals surface area contributed by atoms with E-state index in [1.807, 2.05) is 0 Å². The van der Waals surface area contributed by atoms with Gasteiger partial charge in [0.2, 0.25) is 16.1 Å². The lowest BCUT2D eigenvalue weighted by Crippen LogP contribution is -2.40. The Bertz CT molecular complexity index is 820. The van der Waals surface area contributed by atoms with Crippen LogP contribution in [0, 0.1) is 5.82 Å². The maximum atomic E-state index is 14.1. The van der Waals surface area contributed by atoms with Crippen molar-refractivity contribution in [2.75, 3.05) is 26.3 Å². The van der Waals surface area contributed by atoms with Gasteiger partial charge in [0, 0.05) is 19.5 Å². The molecule has 0 radical (unpaired) electrons. The number of halogens is 1. The molecule has 2 heterocycles. The average molecular weight is 387 g/mol. The quantitative estimate of drug-likeness (QED) is 0.702. The number of morpholine rings is 1. The molecule has 0 unspecified atom stereocenters. The predicted molar refractivity (Wildman–Crippen MR) is 85.4 cm³/mol. The van der Waals surface area contributed by atoms with Crippen LogP contribution >= 0.6 is 0 Å². The first-order valence-corrected chi connectivity index (χ1v) is 9.52. The summed E-state index contributed by atoms with van der Waals surface area (Å²) in [5.41, 5.74) is -0.549. The van der Waals surface area contributed by atoms with E-state index < -0.39 is 45.6 Å². The Hall–Kier alpha value is -2.04. The first kappa shape index (κ1) is 18.7. The number of sulfonamides is 1. The van der Waals surface area contributed by atoms with Crippen molar-refractivity contribution >= 4 is 22.0 Å². The van der Waals surface area contributed by atoms with E-state index in [0.717, 1.165) is 18.2 Å². The minimum Gasteiger partial charge on any atom is -0.460 e. The highest BCUT2D eigenvalue weighted by Crippen LogP contribution is 2.23. The molecule has 0 aromatic heterocycles. The predicted octanol–water partition coefficient (Wildman–Crippen LogP) is 0.707. The van der Waals surface area contributed by atoms with E-state index in [9.17, 15) is 22.4 Å². The van der Waals surface area contributed by atoms with Crippen molar-refractivity contribution in [2.45, 2.75) is 30.4 Å². The summed E-state index contributed by atoms with van der Waals surface area (Å²) in [7, 11) is -3.89. The summed E-state index contributed by atoms with van der Waals surface area (Å²) in [6.45, 7) is 2.51. The van der Waals surface area contributed by atoms with E-state index in [0.29, 0.717) is 0 Å². The van der Waals surface area contributed by atoms with Crippen LogP contribution in [0.2, 0.25) is 0 Å². The molecule has 0 N–H and O–H groups in total. The number of nitrogens with zero attached hydrogens (tertiary/aromatic N) is 1. The third-order valence-electron chi connectivity index (χ3n) is 4.14. The molecule has 2 aliphatic heterocycles. The normalized spacial score (nSPS) is 24.3. The van der Waals surface area contributed by atoms with E-state index >= 15 is 0 Å². The number of ether oxygens (including phenoxy) is 3. The molecule has 142 valence electrons. The van der Waals surface area contributed by atoms with Gasteiger partial charge in [0.25, 0.3) is 0 Å². The van der Waals surface area contributed by atoms with Crippen molar-refractivity contribution in [3.63, 3.8) is 0 Å². The number of hydrogen-bond donors (Lipinski definition) is 0. The van der Waals surface area contributed by atoms with Gasteiger partial charge in [-0.2, -0.15) is 4.31 Å². The number of esters is 2. The molecule has 0 aliphatic carbocycles. The van der Waals surface area contributed by atoms with Gasteiger partial charge in [-0.25, -0.2) is 22.4 Å². The molecular weight excluding hydrogens is 369 g/mol. The Kier molecular flexibility index (Phi) is 5.26. The molecule has 26 heavy (non-hydrogen) atoms. The van der Waals surface area contributed by atoms with Gasteiger partial charge < -0.3 is 14.2 Å². The summed E-state index contributed by atoms with van der Waals surface area (Å²) >= 11 is 0. The van der Waals surface area contributed by atoms with Crippen LogP contribution < -0.4 is 0 Å². The molecule has 2 fully saturated rings. The minimum absolute atomic E-state index is 0.165. The van der Waals surface area contributed by atoms with Crippen LogP contribution in [0.4, 0.5) is 4.39 Å². The van der Waals surface area contributed by atoms with Gasteiger partial charge in [-0.1, -0.05) is 0 Å². The Labute approximate surface area is 149 Å². The molecule has 2 aliphatic rings. The topological polar surface area (TPSA) is 99.2 Å². The second kappa shape index (κ2) is 7.29. The van der Waals surface area contributed by atoms with Crippen LogP contribution in [-0.4, -0.2) is 63.2 Å². The zero-order chi connectivity index (χ0) is 18.9. The highest BCUT2D eigenvalue weighted by Gasteiger charge is 2.36. The van der Waals surface area contributed by atoms with Gasteiger partial charge in [0.1, 0.15) is 11.9 Å². The second-order valence-corrected chi connectivity index (χ2v) is 7.97. The standard InChI is InChI=1S/C16H18FNO7S/c1-10-8-14(16(20)24-10)25-15(19)12-9-11(2-3-13(12)17)26(21,22)18-4-6-23-7-5-18/h2-3,9-10,14H,4-8H2,1H3/t10-,14-/m0/s1. The number of benzene rings is 1. The fraction of sp³-hybridized carbons (Fsp3) is 0.500. The van der Waals surface area contributed by atoms with E-state index in [1.54, 1.807) is 6.92 Å². The first-order chi connectivity index (χ1) is 12.3. The van der Waals surface area contributed by atoms with E-state index in [-0.39, 0.29) is 37.6 Å². The maximum Gasteiger partial charge on any atom is 0.347 e. The largest absolute Gasteiger partial charge is 0.460 e. The lowest BCUT2D eigenvalue weighted by atomic mass is 10.2. The zero-order valence-electron chi connectivity index (χ0n) is 14.0. The fourth-order valence-corrected chi connectivity index (χ4v) is 4.20. The van der Waals surface area contributed by atoms with Crippen LogP contribution in [0.25, 0.3) is 0 Å². The van der Waals surface area contributed by atoms with Gasteiger partial charge in [0.15, 0.2) is 0 Å². The Balaban J connectivity index is 1.83. The molecule has 1 aromatic rings. The molecule has 8 nitrogen and oxygen atoms in total. The van der Waals surface area contributed by atoms with Crippen LogP contribution in [-0.2, 0) is 29.0 Å².